The van der Waals surface area contributed by atoms with Crippen LogP contribution in [0.2, 0.25) is 5.02 Å². The minimum absolute atomic E-state index is 0.348. The summed E-state index contributed by atoms with van der Waals surface area (Å²) in [5, 5.41) is 9.86. The highest BCUT2D eigenvalue weighted by Gasteiger charge is 2.21. The number of rotatable bonds is 5. The summed E-state index contributed by atoms with van der Waals surface area (Å²) in [5.74, 6) is -0.919. The molecule has 4 nitrogen and oxygen atoms in total. The first kappa shape index (κ1) is 14.3. The number of carbonyl (C=O) groups is 1. The van der Waals surface area contributed by atoms with Crippen molar-refractivity contribution >= 4 is 17.6 Å². The number of hydrogen-bond donors (Lipinski definition) is 1. The van der Waals surface area contributed by atoms with Gasteiger partial charge in [-0.3, -0.25) is 9.78 Å². The Kier molecular flexibility index (Phi) is 4.58. The molecule has 2 rings (SSSR count). The molecule has 1 N–H and O–H groups in total. The van der Waals surface area contributed by atoms with Gasteiger partial charge in [-0.25, -0.2) is 0 Å². The van der Waals surface area contributed by atoms with Crippen molar-refractivity contribution in [3.63, 3.8) is 0 Å². The second kappa shape index (κ2) is 6.39. The van der Waals surface area contributed by atoms with E-state index < -0.39 is 11.9 Å². The molecule has 5 heteroatoms. The van der Waals surface area contributed by atoms with Crippen LogP contribution in [0, 0.1) is 0 Å². The van der Waals surface area contributed by atoms with Gasteiger partial charge in [0, 0.05) is 6.20 Å². The Morgan fingerprint density at radius 2 is 2.20 bits per heavy atom. The van der Waals surface area contributed by atoms with Gasteiger partial charge in [-0.1, -0.05) is 23.7 Å². The third-order valence-corrected chi connectivity index (χ3v) is 3.20. The van der Waals surface area contributed by atoms with Gasteiger partial charge in [0.1, 0.15) is 11.7 Å². The molecule has 1 aromatic heterocycles. The number of pyridine rings is 1. The molecular formula is C15H14ClNO3. The Morgan fingerprint density at radius 3 is 2.80 bits per heavy atom. The zero-order valence-corrected chi connectivity index (χ0v) is 11.7. The number of hydrogen-bond acceptors (Lipinski definition) is 3. The maximum Gasteiger partial charge on any atom is 0.312 e. The second-order valence-corrected chi connectivity index (χ2v) is 4.78. The molecule has 0 amide bonds. The lowest BCUT2D eigenvalue weighted by Gasteiger charge is -2.12. The number of carboxylic acids is 1. The van der Waals surface area contributed by atoms with E-state index in [4.69, 9.17) is 16.3 Å². The molecule has 20 heavy (non-hydrogen) atoms. The molecule has 0 aliphatic heterocycles. The maximum absolute atomic E-state index is 11.4. The monoisotopic (exact) mass is 291 g/mol. The predicted molar refractivity (Wildman–Crippen MR) is 76.3 cm³/mol. The molecule has 1 unspecified atom stereocenters. The van der Waals surface area contributed by atoms with E-state index in [0.29, 0.717) is 22.9 Å². The standard InChI is InChI=1S/C15H14ClNO3/c1-20-12-4-2-3-10(7-12)8-13(15(18)19)14-6-5-11(16)9-17-14/h2-7,9,13H,8H2,1H3,(H,18,19). The quantitative estimate of drug-likeness (QED) is 0.919. The van der Waals surface area contributed by atoms with Crippen molar-refractivity contribution in [1.29, 1.82) is 0 Å². The average Bonchev–Trinajstić information content (AvgIpc) is 2.46. The van der Waals surface area contributed by atoms with Crippen molar-refractivity contribution in [1.82, 2.24) is 4.98 Å². The van der Waals surface area contributed by atoms with Gasteiger partial charge in [-0.05, 0) is 36.2 Å². The Labute approximate surface area is 122 Å². The van der Waals surface area contributed by atoms with Crippen LogP contribution in [0.1, 0.15) is 17.2 Å². The van der Waals surface area contributed by atoms with Gasteiger partial charge in [0.2, 0.25) is 0 Å². The summed E-state index contributed by atoms with van der Waals surface area (Å²) < 4.78 is 5.14. The lowest BCUT2D eigenvalue weighted by molar-refractivity contribution is -0.138. The van der Waals surface area contributed by atoms with Gasteiger partial charge < -0.3 is 9.84 Å². The van der Waals surface area contributed by atoms with E-state index >= 15 is 0 Å². The van der Waals surface area contributed by atoms with Gasteiger partial charge in [0.25, 0.3) is 0 Å². The molecule has 0 bridgehead atoms. The number of methoxy groups -OCH3 is 1. The van der Waals surface area contributed by atoms with Crippen molar-refractivity contribution in [2.75, 3.05) is 7.11 Å². The normalized spacial score (nSPS) is 11.9. The predicted octanol–water partition coefficient (Wildman–Crippen LogP) is 3.15. The van der Waals surface area contributed by atoms with E-state index in [1.165, 1.54) is 6.20 Å². The second-order valence-electron chi connectivity index (χ2n) is 4.35. The van der Waals surface area contributed by atoms with Crippen molar-refractivity contribution in [2.24, 2.45) is 0 Å². The van der Waals surface area contributed by atoms with Gasteiger partial charge in [0.15, 0.2) is 0 Å². The molecule has 1 atom stereocenters. The third kappa shape index (κ3) is 3.48. The SMILES string of the molecule is COc1cccc(CC(C(=O)O)c2ccc(Cl)cn2)c1. The van der Waals surface area contributed by atoms with E-state index in [9.17, 15) is 9.90 Å². The van der Waals surface area contributed by atoms with Crippen molar-refractivity contribution in [3.8, 4) is 5.75 Å². The van der Waals surface area contributed by atoms with Crippen LogP contribution in [0.3, 0.4) is 0 Å². The molecule has 0 spiro atoms. The lowest BCUT2D eigenvalue weighted by Crippen LogP contribution is -2.15. The van der Waals surface area contributed by atoms with Crippen LogP contribution in [-0.4, -0.2) is 23.2 Å². The highest BCUT2D eigenvalue weighted by atomic mass is 35.5. The number of ether oxygens (including phenoxy) is 1. The highest BCUT2D eigenvalue weighted by Crippen LogP contribution is 2.23. The molecule has 0 aliphatic carbocycles. The molecule has 0 saturated carbocycles. The van der Waals surface area contributed by atoms with E-state index in [0.717, 1.165) is 5.56 Å². The van der Waals surface area contributed by atoms with Crippen LogP contribution in [-0.2, 0) is 11.2 Å². The number of carboxylic acid groups (broad SMARTS) is 1. The van der Waals surface area contributed by atoms with Crippen molar-refractivity contribution < 1.29 is 14.6 Å². The molecule has 1 aromatic carbocycles. The highest BCUT2D eigenvalue weighted by molar-refractivity contribution is 6.30. The molecule has 0 radical (unpaired) electrons. The summed E-state index contributed by atoms with van der Waals surface area (Å²) in [6, 6.07) is 10.6. The summed E-state index contributed by atoms with van der Waals surface area (Å²) in [6.45, 7) is 0. The fourth-order valence-corrected chi connectivity index (χ4v) is 2.06. The minimum Gasteiger partial charge on any atom is -0.497 e. The molecular weight excluding hydrogens is 278 g/mol. The van der Waals surface area contributed by atoms with Crippen LogP contribution in [0.5, 0.6) is 5.75 Å². The number of nitrogens with zero attached hydrogens (tertiary/aromatic N) is 1. The Hall–Kier alpha value is -2.07. The fraction of sp³-hybridized carbons (Fsp3) is 0.200. The molecule has 0 saturated heterocycles. The molecule has 0 fully saturated rings. The van der Waals surface area contributed by atoms with E-state index in [1.54, 1.807) is 19.2 Å². The Morgan fingerprint density at radius 1 is 1.40 bits per heavy atom. The molecule has 0 aliphatic rings. The zero-order chi connectivity index (χ0) is 14.5. The van der Waals surface area contributed by atoms with Crippen LogP contribution in [0.25, 0.3) is 0 Å². The molecule has 1 heterocycles. The number of halogens is 1. The van der Waals surface area contributed by atoms with E-state index in [1.807, 2.05) is 24.3 Å². The summed E-state index contributed by atoms with van der Waals surface area (Å²) in [4.78, 5) is 15.5. The Balaban J connectivity index is 2.25. The summed E-state index contributed by atoms with van der Waals surface area (Å²) in [6.07, 6.45) is 1.81. The van der Waals surface area contributed by atoms with Crippen LogP contribution in [0.15, 0.2) is 42.6 Å². The largest absolute Gasteiger partial charge is 0.497 e. The van der Waals surface area contributed by atoms with Crippen molar-refractivity contribution in [3.05, 3.63) is 58.9 Å². The lowest BCUT2D eigenvalue weighted by atomic mass is 9.95. The first-order valence-corrected chi connectivity index (χ1v) is 6.45. The third-order valence-electron chi connectivity index (χ3n) is 2.98. The summed E-state index contributed by atoms with van der Waals surface area (Å²) in [5.41, 5.74) is 1.37. The van der Waals surface area contributed by atoms with Gasteiger partial charge in [0.05, 0.1) is 17.8 Å². The first-order chi connectivity index (χ1) is 9.60. The maximum atomic E-state index is 11.4. The Bertz CT molecular complexity index is 598. The van der Waals surface area contributed by atoms with E-state index in [-0.39, 0.29) is 0 Å². The zero-order valence-electron chi connectivity index (χ0n) is 10.9. The van der Waals surface area contributed by atoms with Gasteiger partial charge in [-0.2, -0.15) is 0 Å². The van der Waals surface area contributed by atoms with Crippen LogP contribution in [0.4, 0.5) is 0 Å². The number of aromatic nitrogens is 1. The first-order valence-electron chi connectivity index (χ1n) is 6.07. The molecule has 104 valence electrons. The van der Waals surface area contributed by atoms with Gasteiger partial charge in [-0.15, -0.1) is 0 Å². The number of benzene rings is 1. The van der Waals surface area contributed by atoms with Crippen LogP contribution >= 0.6 is 11.6 Å². The van der Waals surface area contributed by atoms with Crippen LogP contribution < -0.4 is 4.74 Å². The topological polar surface area (TPSA) is 59.4 Å². The summed E-state index contributed by atoms with van der Waals surface area (Å²) >= 11 is 5.77. The van der Waals surface area contributed by atoms with E-state index in [2.05, 4.69) is 4.98 Å². The number of aliphatic carboxylic acids is 1. The average molecular weight is 292 g/mol. The fourth-order valence-electron chi connectivity index (χ4n) is 1.95. The summed E-state index contributed by atoms with van der Waals surface area (Å²) in [7, 11) is 1.58. The van der Waals surface area contributed by atoms with Crippen molar-refractivity contribution in [2.45, 2.75) is 12.3 Å². The minimum atomic E-state index is -0.914. The van der Waals surface area contributed by atoms with Gasteiger partial charge >= 0.3 is 5.97 Å². The molecule has 2 aromatic rings. The smallest absolute Gasteiger partial charge is 0.312 e.